The van der Waals surface area contributed by atoms with Gasteiger partial charge >= 0.3 is 0 Å². The summed E-state index contributed by atoms with van der Waals surface area (Å²) in [5, 5.41) is 0. The third kappa shape index (κ3) is 5.57. The van der Waals surface area contributed by atoms with Crippen LogP contribution >= 0.6 is 0 Å². The topological polar surface area (TPSA) is 36.0 Å². The highest BCUT2D eigenvalue weighted by Crippen LogP contribution is 2.15. The summed E-state index contributed by atoms with van der Waals surface area (Å²) >= 11 is 0. The van der Waals surface area contributed by atoms with Crippen LogP contribution in [0.5, 0.6) is 0 Å². The maximum absolute atomic E-state index is 12.0. The number of rotatable bonds is 6. The number of carbonyl (C=O) groups is 1. The maximum Gasteiger partial charge on any atom is 0.248 e. The molecule has 2 aliphatic heterocycles. The fourth-order valence-corrected chi connectivity index (χ4v) is 3.03. The molecular formula is C16H31N3O2. The highest BCUT2D eigenvalue weighted by molar-refractivity contribution is 5.77. The number of nitrogens with zero attached hydrogens (tertiary/aromatic N) is 3. The number of piperazine rings is 1. The number of ether oxygens (including phenoxy) is 1. The number of hydrogen-bond acceptors (Lipinski definition) is 4. The highest BCUT2D eigenvalue weighted by atomic mass is 16.5. The van der Waals surface area contributed by atoms with E-state index in [1.165, 1.54) is 0 Å². The molecule has 0 radical (unpaired) electrons. The molecule has 0 aliphatic carbocycles. The standard InChI is InChI=1S/C16H31N3O2/c1-3-17-8-10-18(11-9-17)12-13-21-14-16(20)19-6-4-15(2)5-7-19/h15H,3-14H2,1-2H3. The number of amides is 1. The zero-order valence-corrected chi connectivity index (χ0v) is 13.7. The SMILES string of the molecule is CCN1CCN(CCOCC(=O)N2CCC(C)CC2)CC1. The fourth-order valence-electron chi connectivity index (χ4n) is 3.03. The predicted molar refractivity (Wildman–Crippen MR) is 84.4 cm³/mol. The van der Waals surface area contributed by atoms with Crippen LogP contribution in [0.4, 0.5) is 0 Å². The van der Waals surface area contributed by atoms with Gasteiger partial charge in [-0.1, -0.05) is 13.8 Å². The molecule has 0 aromatic rings. The molecule has 0 aromatic carbocycles. The molecule has 0 atom stereocenters. The van der Waals surface area contributed by atoms with Crippen LogP contribution in [0, 0.1) is 5.92 Å². The molecule has 1 amide bonds. The predicted octanol–water partition coefficient (Wildman–Crippen LogP) is 0.899. The lowest BCUT2D eigenvalue weighted by atomic mass is 9.99. The third-order valence-electron chi connectivity index (χ3n) is 4.83. The van der Waals surface area contributed by atoms with Gasteiger partial charge in [-0.05, 0) is 25.3 Å². The van der Waals surface area contributed by atoms with Crippen LogP contribution in [0.3, 0.4) is 0 Å². The van der Waals surface area contributed by atoms with E-state index in [1.807, 2.05) is 4.90 Å². The van der Waals surface area contributed by atoms with E-state index in [4.69, 9.17) is 4.74 Å². The van der Waals surface area contributed by atoms with Crippen molar-refractivity contribution in [1.82, 2.24) is 14.7 Å². The Hall–Kier alpha value is -0.650. The van der Waals surface area contributed by atoms with E-state index in [0.29, 0.717) is 6.61 Å². The van der Waals surface area contributed by atoms with Crippen molar-refractivity contribution in [2.24, 2.45) is 5.92 Å². The van der Waals surface area contributed by atoms with Gasteiger partial charge in [0.2, 0.25) is 5.91 Å². The molecule has 0 saturated carbocycles. The summed E-state index contributed by atoms with van der Waals surface area (Å²) in [7, 11) is 0. The van der Waals surface area contributed by atoms with Crippen LogP contribution in [-0.2, 0) is 9.53 Å². The first-order valence-electron chi connectivity index (χ1n) is 8.49. The molecule has 0 aromatic heterocycles. The molecule has 5 nitrogen and oxygen atoms in total. The number of likely N-dealkylation sites (N-methyl/N-ethyl adjacent to an activating group) is 1. The van der Waals surface area contributed by atoms with E-state index >= 15 is 0 Å². The van der Waals surface area contributed by atoms with E-state index in [-0.39, 0.29) is 12.5 Å². The molecule has 2 saturated heterocycles. The van der Waals surface area contributed by atoms with Crippen LogP contribution in [-0.4, -0.2) is 86.2 Å². The Labute approximate surface area is 129 Å². The minimum atomic E-state index is 0.165. The molecule has 2 fully saturated rings. The van der Waals surface area contributed by atoms with Crippen molar-refractivity contribution in [3.63, 3.8) is 0 Å². The Morgan fingerprint density at radius 3 is 2.29 bits per heavy atom. The maximum atomic E-state index is 12.0. The molecule has 2 aliphatic rings. The molecule has 21 heavy (non-hydrogen) atoms. The Morgan fingerprint density at radius 1 is 1.05 bits per heavy atom. The van der Waals surface area contributed by atoms with Crippen LogP contribution in [0.15, 0.2) is 0 Å². The Bertz CT molecular complexity index is 309. The average molecular weight is 297 g/mol. The second-order valence-electron chi connectivity index (χ2n) is 6.39. The van der Waals surface area contributed by atoms with Gasteiger partial charge in [-0.15, -0.1) is 0 Å². The van der Waals surface area contributed by atoms with E-state index < -0.39 is 0 Å². The smallest absolute Gasteiger partial charge is 0.248 e. The van der Waals surface area contributed by atoms with Gasteiger partial charge in [0.25, 0.3) is 0 Å². The molecule has 0 N–H and O–H groups in total. The van der Waals surface area contributed by atoms with Crippen molar-refractivity contribution < 1.29 is 9.53 Å². The first kappa shape index (κ1) is 16.7. The Kier molecular flexibility index (Phi) is 6.93. The summed E-state index contributed by atoms with van der Waals surface area (Å²) in [6.45, 7) is 13.8. The Morgan fingerprint density at radius 2 is 1.67 bits per heavy atom. The zero-order chi connectivity index (χ0) is 15.1. The van der Waals surface area contributed by atoms with Crippen LogP contribution in [0.1, 0.15) is 26.7 Å². The quantitative estimate of drug-likeness (QED) is 0.683. The number of hydrogen-bond donors (Lipinski definition) is 0. The third-order valence-corrected chi connectivity index (χ3v) is 4.83. The van der Waals surface area contributed by atoms with Crippen molar-refractivity contribution in [2.75, 3.05) is 65.6 Å². The minimum absolute atomic E-state index is 0.165. The summed E-state index contributed by atoms with van der Waals surface area (Å²) in [6, 6.07) is 0. The number of likely N-dealkylation sites (tertiary alicyclic amines) is 1. The lowest BCUT2D eigenvalue weighted by Crippen LogP contribution is -2.47. The molecule has 5 heteroatoms. The minimum Gasteiger partial charge on any atom is -0.370 e. The van der Waals surface area contributed by atoms with Crippen LogP contribution < -0.4 is 0 Å². The van der Waals surface area contributed by atoms with E-state index in [2.05, 4.69) is 23.6 Å². The van der Waals surface area contributed by atoms with Crippen LogP contribution in [0.2, 0.25) is 0 Å². The van der Waals surface area contributed by atoms with E-state index in [0.717, 1.165) is 71.1 Å². The lowest BCUT2D eigenvalue weighted by Gasteiger charge is -2.34. The summed E-state index contributed by atoms with van der Waals surface area (Å²) in [5.74, 6) is 0.925. The lowest BCUT2D eigenvalue weighted by molar-refractivity contribution is -0.137. The second-order valence-corrected chi connectivity index (χ2v) is 6.39. The molecule has 2 heterocycles. The van der Waals surface area contributed by atoms with Crippen molar-refractivity contribution in [2.45, 2.75) is 26.7 Å². The molecule has 0 unspecified atom stereocenters. The van der Waals surface area contributed by atoms with Gasteiger partial charge in [-0.25, -0.2) is 0 Å². The van der Waals surface area contributed by atoms with Gasteiger partial charge in [-0.2, -0.15) is 0 Å². The molecule has 0 bridgehead atoms. The van der Waals surface area contributed by atoms with E-state index in [1.54, 1.807) is 0 Å². The van der Waals surface area contributed by atoms with Gasteiger partial charge in [0, 0.05) is 45.8 Å². The van der Waals surface area contributed by atoms with Gasteiger partial charge in [0.05, 0.1) is 6.61 Å². The van der Waals surface area contributed by atoms with Gasteiger partial charge in [0.1, 0.15) is 6.61 Å². The molecular weight excluding hydrogens is 266 g/mol. The summed E-state index contributed by atoms with van der Waals surface area (Å²) in [5.41, 5.74) is 0. The van der Waals surface area contributed by atoms with Gasteiger partial charge < -0.3 is 14.5 Å². The summed E-state index contributed by atoms with van der Waals surface area (Å²) in [4.78, 5) is 18.9. The number of carbonyl (C=O) groups excluding carboxylic acids is 1. The van der Waals surface area contributed by atoms with Gasteiger partial charge in [-0.3, -0.25) is 9.69 Å². The Balaban J connectivity index is 1.52. The molecule has 122 valence electrons. The molecule has 2 rings (SSSR count). The largest absolute Gasteiger partial charge is 0.370 e. The van der Waals surface area contributed by atoms with Crippen molar-refractivity contribution >= 4 is 5.91 Å². The first-order chi connectivity index (χ1) is 10.2. The van der Waals surface area contributed by atoms with Gasteiger partial charge in [0.15, 0.2) is 0 Å². The number of piperidine rings is 1. The molecule has 0 spiro atoms. The fraction of sp³-hybridized carbons (Fsp3) is 0.938. The second kappa shape index (κ2) is 8.71. The summed E-state index contributed by atoms with van der Waals surface area (Å²) in [6.07, 6.45) is 2.26. The average Bonchev–Trinajstić information content (AvgIpc) is 2.52. The monoisotopic (exact) mass is 297 g/mol. The van der Waals surface area contributed by atoms with E-state index in [9.17, 15) is 4.79 Å². The highest BCUT2D eigenvalue weighted by Gasteiger charge is 2.20. The zero-order valence-electron chi connectivity index (χ0n) is 13.7. The van der Waals surface area contributed by atoms with Crippen molar-refractivity contribution in [3.8, 4) is 0 Å². The first-order valence-corrected chi connectivity index (χ1v) is 8.49. The van der Waals surface area contributed by atoms with Crippen LogP contribution in [0.25, 0.3) is 0 Å². The normalized spacial score (nSPS) is 22.7. The van der Waals surface area contributed by atoms with Crippen molar-refractivity contribution in [3.05, 3.63) is 0 Å². The van der Waals surface area contributed by atoms with Crippen molar-refractivity contribution in [1.29, 1.82) is 0 Å². The summed E-state index contributed by atoms with van der Waals surface area (Å²) < 4.78 is 5.58.